The third-order valence-electron chi connectivity index (χ3n) is 5.01. The van der Waals surface area contributed by atoms with Crippen molar-refractivity contribution < 1.29 is 4.79 Å². The molecule has 1 aliphatic rings. The molecule has 2 N–H and O–H groups in total. The van der Waals surface area contributed by atoms with Gasteiger partial charge in [-0.05, 0) is 43.1 Å². The lowest BCUT2D eigenvalue weighted by molar-refractivity contribution is 0.0950. The monoisotopic (exact) mass is 340 g/mol. The zero-order valence-corrected chi connectivity index (χ0v) is 14.9. The summed E-state index contributed by atoms with van der Waals surface area (Å²) in [4.78, 5) is 24.2. The number of aromatic nitrogens is 2. The number of H-pyrrole nitrogens is 1. The molecule has 0 radical (unpaired) electrons. The minimum atomic E-state index is -0.405. The predicted octanol–water partition coefficient (Wildman–Crippen LogP) is 3.25. The molecule has 0 atom stereocenters. The van der Waals surface area contributed by atoms with Gasteiger partial charge in [0.25, 0.3) is 11.5 Å². The van der Waals surface area contributed by atoms with Crippen molar-refractivity contribution in [3.8, 4) is 0 Å². The van der Waals surface area contributed by atoms with Crippen LogP contribution in [0, 0.1) is 11.3 Å². The normalized spacial score (nSPS) is 18.2. The summed E-state index contributed by atoms with van der Waals surface area (Å²) in [6.07, 6.45) is 4.00. The fraction of sp³-hybridized carbons (Fsp3) is 0.474. The molecule has 2 aromatic rings. The van der Waals surface area contributed by atoms with E-state index in [0.717, 1.165) is 31.4 Å². The van der Waals surface area contributed by atoms with Crippen LogP contribution in [0.2, 0.25) is 0 Å². The van der Waals surface area contributed by atoms with Gasteiger partial charge in [-0.1, -0.05) is 39.0 Å². The van der Waals surface area contributed by atoms with E-state index in [1.165, 1.54) is 0 Å². The van der Waals surface area contributed by atoms with E-state index in [2.05, 4.69) is 41.5 Å². The summed E-state index contributed by atoms with van der Waals surface area (Å²) in [6, 6.07) is 6.92. The molecule has 0 aliphatic heterocycles. The number of amides is 1. The Morgan fingerprint density at radius 1 is 1.20 bits per heavy atom. The second-order valence-corrected chi connectivity index (χ2v) is 7.71. The van der Waals surface area contributed by atoms with Crippen molar-refractivity contribution in [3.63, 3.8) is 0 Å². The largest absolute Gasteiger partial charge is 0.292 e. The van der Waals surface area contributed by atoms with Gasteiger partial charge in [-0.3, -0.25) is 9.59 Å². The number of nitrogens with one attached hydrogen (secondary N) is 2. The van der Waals surface area contributed by atoms with Gasteiger partial charge in [0.2, 0.25) is 0 Å². The minimum Gasteiger partial charge on any atom is -0.267 e. The molecule has 1 aromatic heterocycles. The summed E-state index contributed by atoms with van der Waals surface area (Å²) in [7, 11) is 0. The molecular weight excluding hydrogens is 316 g/mol. The van der Waals surface area contributed by atoms with E-state index in [0.29, 0.717) is 22.1 Å². The van der Waals surface area contributed by atoms with Crippen LogP contribution in [0.25, 0.3) is 10.8 Å². The Morgan fingerprint density at radius 2 is 1.84 bits per heavy atom. The van der Waals surface area contributed by atoms with Crippen molar-refractivity contribution >= 4 is 22.4 Å². The molecule has 1 aliphatic carbocycles. The number of hydrogen-bond acceptors (Lipinski definition) is 4. The highest BCUT2D eigenvalue weighted by atomic mass is 16.2. The van der Waals surface area contributed by atoms with Crippen LogP contribution in [0.5, 0.6) is 0 Å². The van der Waals surface area contributed by atoms with Gasteiger partial charge < -0.3 is 0 Å². The molecule has 1 saturated carbocycles. The van der Waals surface area contributed by atoms with E-state index in [1.54, 1.807) is 24.3 Å². The third-order valence-corrected chi connectivity index (χ3v) is 5.01. The first-order chi connectivity index (χ1) is 11.9. The van der Waals surface area contributed by atoms with E-state index in [-0.39, 0.29) is 11.3 Å². The summed E-state index contributed by atoms with van der Waals surface area (Å²) < 4.78 is 0. The number of carbonyl (C=O) groups excluding carboxylic acids is 1. The van der Waals surface area contributed by atoms with Crippen LogP contribution in [0.4, 0.5) is 0 Å². The Kier molecular flexibility index (Phi) is 4.70. The van der Waals surface area contributed by atoms with Gasteiger partial charge in [0.15, 0.2) is 5.69 Å². The van der Waals surface area contributed by atoms with E-state index < -0.39 is 5.91 Å². The average Bonchev–Trinajstić information content (AvgIpc) is 2.60. The first-order valence-electron chi connectivity index (χ1n) is 8.69. The van der Waals surface area contributed by atoms with Gasteiger partial charge in [-0.2, -0.15) is 10.2 Å². The van der Waals surface area contributed by atoms with Gasteiger partial charge in [0.1, 0.15) is 0 Å². The second-order valence-electron chi connectivity index (χ2n) is 7.71. The molecule has 0 bridgehead atoms. The number of nitrogens with zero attached hydrogens (tertiary/aromatic N) is 2. The Labute approximate surface area is 146 Å². The van der Waals surface area contributed by atoms with E-state index in [4.69, 9.17) is 0 Å². The standard InChI is InChI=1S/C19H24N4O2/c1-19(2,3)12-8-10-13(11-9-12)20-23-18(25)16-14-6-4-5-7-15(14)17(24)22-21-16/h4-7,12H,8-11H2,1-3H3,(H,22,24)(H,23,25). The molecule has 0 spiro atoms. The maximum absolute atomic E-state index is 12.4. The van der Waals surface area contributed by atoms with Gasteiger partial charge in [-0.25, -0.2) is 10.5 Å². The first kappa shape index (κ1) is 17.3. The summed E-state index contributed by atoms with van der Waals surface area (Å²) in [5.41, 5.74) is 3.80. The van der Waals surface area contributed by atoms with Crippen molar-refractivity contribution in [2.24, 2.45) is 16.4 Å². The second kappa shape index (κ2) is 6.78. The molecule has 132 valence electrons. The number of rotatable bonds is 2. The maximum atomic E-state index is 12.4. The van der Waals surface area contributed by atoms with Crippen molar-refractivity contribution in [1.82, 2.24) is 15.6 Å². The van der Waals surface area contributed by atoms with Gasteiger partial charge in [0.05, 0.1) is 5.39 Å². The molecule has 1 amide bonds. The molecule has 25 heavy (non-hydrogen) atoms. The maximum Gasteiger partial charge on any atom is 0.292 e. The quantitative estimate of drug-likeness (QED) is 0.823. The number of aromatic amines is 1. The molecular formula is C19H24N4O2. The molecule has 0 saturated heterocycles. The molecule has 6 nitrogen and oxygen atoms in total. The average molecular weight is 340 g/mol. The molecule has 1 aromatic carbocycles. The Hall–Kier alpha value is -2.50. The highest BCUT2D eigenvalue weighted by Crippen LogP contribution is 2.36. The van der Waals surface area contributed by atoms with Crippen LogP contribution in [0.1, 0.15) is 56.9 Å². The van der Waals surface area contributed by atoms with Crippen molar-refractivity contribution in [2.75, 3.05) is 0 Å². The lowest BCUT2D eigenvalue weighted by Gasteiger charge is -2.34. The fourth-order valence-corrected chi connectivity index (χ4v) is 3.40. The lowest BCUT2D eigenvalue weighted by Crippen LogP contribution is -2.28. The Morgan fingerprint density at radius 3 is 2.48 bits per heavy atom. The van der Waals surface area contributed by atoms with E-state index in [1.807, 2.05) is 0 Å². The van der Waals surface area contributed by atoms with Crippen LogP contribution < -0.4 is 11.0 Å². The number of hydrogen-bond donors (Lipinski definition) is 2. The number of carbonyl (C=O) groups is 1. The zero-order chi connectivity index (χ0) is 18.0. The SMILES string of the molecule is CC(C)(C)C1CCC(=NNC(=O)c2n[nH]c(=O)c3ccccc23)CC1. The van der Waals surface area contributed by atoms with Gasteiger partial charge in [0, 0.05) is 11.1 Å². The zero-order valence-electron chi connectivity index (χ0n) is 14.9. The molecule has 1 heterocycles. The molecule has 3 rings (SSSR count). The third kappa shape index (κ3) is 3.78. The highest BCUT2D eigenvalue weighted by molar-refractivity contribution is 6.05. The van der Waals surface area contributed by atoms with E-state index >= 15 is 0 Å². The fourth-order valence-electron chi connectivity index (χ4n) is 3.40. The summed E-state index contributed by atoms with van der Waals surface area (Å²) in [6.45, 7) is 6.82. The summed E-state index contributed by atoms with van der Waals surface area (Å²) in [5.74, 6) is 0.282. The molecule has 6 heteroatoms. The number of fused-ring (bicyclic) bond motifs is 1. The summed E-state index contributed by atoms with van der Waals surface area (Å²) >= 11 is 0. The lowest BCUT2D eigenvalue weighted by atomic mass is 9.72. The van der Waals surface area contributed by atoms with Gasteiger partial charge in [-0.15, -0.1) is 0 Å². The van der Waals surface area contributed by atoms with Crippen molar-refractivity contribution in [1.29, 1.82) is 0 Å². The van der Waals surface area contributed by atoms with Crippen LogP contribution in [-0.4, -0.2) is 21.8 Å². The minimum absolute atomic E-state index is 0.183. The van der Waals surface area contributed by atoms with Crippen LogP contribution in [-0.2, 0) is 0 Å². The van der Waals surface area contributed by atoms with E-state index in [9.17, 15) is 9.59 Å². The smallest absolute Gasteiger partial charge is 0.267 e. The highest BCUT2D eigenvalue weighted by Gasteiger charge is 2.28. The van der Waals surface area contributed by atoms with Gasteiger partial charge >= 0.3 is 0 Å². The topological polar surface area (TPSA) is 87.2 Å². The van der Waals surface area contributed by atoms with Crippen molar-refractivity contribution in [3.05, 3.63) is 40.3 Å². The number of hydrazone groups is 1. The van der Waals surface area contributed by atoms with Crippen molar-refractivity contribution in [2.45, 2.75) is 46.5 Å². The Bertz CT molecular complexity index is 867. The Balaban J connectivity index is 1.72. The predicted molar refractivity (Wildman–Crippen MR) is 98.7 cm³/mol. The molecule has 0 unspecified atom stereocenters. The first-order valence-corrected chi connectivity index (χ1v) is 8.69. The van der Waals surface area contributed by atoms with Crippen LogP contribution in [0.15, 0.2) is 34.2 Å². The molecule has 1 fully saturated rings. The van der Waals surface area contributed by atoms with Crippen LogP contribution >= 0.6 is 0 Å². The summed E-state index contributed by atoms with van der Waals surface area (Å²) in [5, 5.41) is 11.5. The van der Waals surface area contributed by atoms with Crippen LogP contribution in [0.3, 0.4) is 0 Å². The number of benzene rings is 1.